The summed E-state index contributed by atoms with van der Waals surface area (Å²) in [5, 5.41) is 18.5. The topological polar surface area (TPSA) is 145 Å². The summed E-state index contributed by atoms with van der Waals surface area (Å²) in [6.45, 7) is 14.6. The molecule has 0 bridgehead atoms. The number of nitro groups is 1. The molecule has 0 spiro atoms. The first kappa shape index (κ1) is 27.3. The van der Waals surface area contributed by atoms with Crippen molar-refractivity contribution in [3.05, 3.63) is 39.6 Å². The first-order chi connectivity index (χ1) is 15.5. The van der Waals surface area contributed by atoms with E-state index < -0.39 is 36.6 Å². The molecule has 2 N–H and O–H groups in total. The van der Waals surface area contributed by atoms with Gasteiger partial charge in [0, 0.05) is 29.8 Å². The predicted molar refractivity (Wildman–Crippen MR) is 128 cm³/mol. The molecular formula is C22H33N5O6S. The fourth-order valence-corrected chi connectivity index (χ4v) is 4.63. The van der Waals surface area contributed by atoms with Gasteiger partial charge in [-0.05, 0) is 61.0 Å². The predicted octanol–water partition coefficient (Wildman–Crippen LogP) is 3.86. The minimum absolute atomic E-state index is 0.128. The average molecular weight is 496 g/mol. The second kappa shape index (κ2) is 9.71. The van der Waals surface area contributed by atoms with Gasteiger partial charge in [0.2, 0.25) is 15.9 Å². The Morgan fingerprint density at radius 3 is 2.32 bits per heavy atom. The molecule has 0 aliphatic carbocycles. The number of benzene rings is 1. The van der Waals surface area contributed by atoms with Crippen LogP contribution >= 0.6 is 0 Å². The Labute approximate surface area is 200 Å². The van der Waals surface area contributed by atoms with Crippen LogP contribution in [0.4, 0.5) is 5.69 Å². The summed E-state index contributed by atoms with van der Waals surface area (Å²) < 4.78 is 36.3. The standard InChI is InChI=1S/C22H33N5O6S/c1-9-12-23-19(28)18-14(2)20(26(24-18)22(6,7)8)33-16-11-10-15(27(29)30)13-17(16)34(31,32)25-21(3,4)5/h10-11,13,25H,9,12H2,1-8H3,(H,23,28). The Morgan fingerprint density at radius 2 is 1.82 bits per heavy atom. The highest BCUT2D eigenvalue weighted by Crippen LogP contribution is 2.36. The number of hydrogen-bond acceptors (Lipinski definition) is 7. The molecule has 2 rings (SSSR count). The summed E-state index contributed by atoms with van der Waals surface area (Å²) in [5.74, 6) is -0.343. The average Bonchev–Trinajstić information content (AvgIpc) is 3.01. The maximum atomic E-state index is 13.1. The van der Waals surface area contributed by atoms with Gasteiger partial charge in [0.05, 0.1) is 10.5 Å². The summed E-state index contributed by atoms with van der Waals surface area (Å²) in [6, 6.07) is 3.34. The van der Waals surface area contributed by atoms with Gasteiger partial charge in [-0.15, -0.1) is 0 Å². The van der Waals surface area contributed by atoms with E-state index in [0.29, 0.717) is 12.1 Å². The van der Waals surface area contributed by atoms with E-state index in [1.165, 1.54) is 10.7 Å². The Bertz CT molecular complexity index is 1190. The lowest BCUT2D eigenvalue weighted by atomic mass is 10.1. The van der Waals surface area contributed by atoms with Crippen LogP contribution in [-0.2, 0) is 15.6 Å². The van der Waals surface area contributed by atoms with E-state index in [0.717, 1.165) is 18.6 Å². The summed E-state index contributed by atoms with van der Waals surface area (Å²) in [4.78, 5) is 22.9. The number of rotatable bonds is 8. The number of amides is 1. The van der Waals surface area contributed by atoms with Gasteiger partial charge in [-0.1, -0.05) is 6.92 Å². The van der Waals surface area contributed by atoms with Gasteiger partial charge in [0.1, 0.15) is 10.6 Å². The second-order valence-electron chi connectivity index (χ2n) is 9.96. The van der Waals surface area contributed by atoms with Crippen LogP contribution in [0.2, 0.25) is 0 Å². The molecule has 12 heteroatoms. The van der Waals surface area contributed by atoms with E-state index in [2.05, 4.69) is 15.1 Å². The lowest BCUT2D eigenvalue weighted by Gasteiger charge is -2.24. The highest BCUT2D eigenvalue weighted by Gasteiger charge is 2.31. The van der Waals surface area contributed by atoms with Crippen LogP contribution in [0.15, 0.2) is 23.1 Å². The van der Waals surface area contributed by atoms with Crippen LogP contribution in [0.1, 0.15) is 70.9 Å². The van der Waals surface area contributed by atoms with Crippen molar-refractivity contribution in [2.75, 3.05) is 6.54 Å². The maximum absolute atomic E-state index is 13.1. The molecule has 0 radical (unpaired) electrons. The molecule has 1 amide bonds. The molecule has 1 aromatic heterocycles. The first-order valence-electron chi connectivity index (χ1n) is 10.9. The van der Waals surface area contributed by atoms with Crippen LogP contribution < -0.4 is 14.8 Å². The fourth-order valence-electron chi connectivity index (χ4n) is 3.06. The molecule has 188 valence electrons. The largest absolute Gasteiger partial charge is 0.438 e. The molecule has 2 aromatic rings. The van der Waals surface area contributed by atoms with Gasteiger partial charge in [0.25, 0.3) is 11.6 Å². The van der Waals surface area contributed by atoms with Crippen molar-refractivity contribution in [3.8, 4) is 11.6 Å². The van der Waals surface area contributed by atoms with Crippen LogP contribution in [0.3, 0.4) is 0 Å². The molecule has 1 heterocycles. The first-order valence-corrected chi connectivity index (χ1v) is 12.3. The number of nitrogens with one attached hydrogen (secondary N) is 2. The van der Waals surface area contributed by atoms with Crippen molar-refractivity contribution in [3.63, 3.8) is 0 Å². The van der Waals surface area contributed by atoms with Crippen molar-refractivity contribution >= 4 is 21.6 Å². The second-order valence-corrected chi connectivity index (χ2v) is 11.6. The minimum Gasteiger partial charge on any atom is -0.438 e. The zero-order valence-electron chi connectivity index (χ0n) is 20.8. The van der Waals surface area contributed by atoms with E-state index in [4.69, 9.17) is 4.74 Å². The van der Waals surface area contributed by atoms with Gasteiger partial charge in [-0.25, -0.2) is 17.8 Å². The van der Waals surface area contributed by atoms with Crippen molar-refractivity contribution < 1.29 is 22.9 Å². The number of sulfonamides is 1. The fraction of sp³-hybridized carbons (Fsp3) is 0.545. The zero-order valence-corrected chi connectivity index (χ0v) is 21.7. The van der Waals surface area contributed by atoms with Crippen molar-refractivity contribution in [2.45, 2.75) is 77.8 Å². The highest BCUT2D eigenvalue weighted by molar-refractivity contribution is 7.89. The third kappa shape index (κ3) is 6.32. The van der Waals surface area contributed by atoms with Gasteiger partial charge >= 0.3 is 0 Å². The van der Waals surface area contributed by atoms with Crippen LogP contribution in [-0.4, -0.2) is 41.1 Å². The van der Waals surface area contributed by atoms with E-state index >= 15 is 0 Å². The number of nitrogens with zero attached hydrogens (tertiary/aromatic N) is 3. The molecule has 11 nitrogen and oxygen atoms in total. The van der Waals surface area contributed by atoms with Crippen molar-refractivity contribution in [2.24, 2.45) is 0 Å². The Morgan fingerprint density at radius 1 is 1.21 bits per heavy atom. The molecule has 1 aromatic carbocycles. The van der Waals surface area contributed by atoms with Gasteiger partial charge < -0.3 is 10.1 Å². The van der Waals surface area contributed by atoms with Crippen LogP contribution in [0, 0.1) is 17.0 Å². The smallest absolute Gasteiger partial charge is 0.272 e. The third-order valence-corrected chi connectivity index (χ3v) is 6.31. The number of nitro benzene ring substituents is 1. The summed E-state index contributed by atoms with van der Waals surface area (Å²) in [6.07, 6.45) is 0.749. The zero-order chi connectivity index (χ0) is 26.1. The Kier molecular flexibility index (Phi) is 7.78. The highest BCUT2D eigenvalue weighted by atomic mass is 32.2. The molecule has 0 fully saturated rings. The minimum atomic E-state index is -4.20. The molecule has 0 saturated heterocycles. The number of aromatic nitrogens is 2. The molecule has 0 saturated carbocycles. The van der Waals surface area contributed by atoms with E-state index in [1.54, 1.807) is 27.7 Å². The van der Waals surface area contributed by atoms with E-state index in [1.807, 2.05) is 27.7 Å². The van der Waals surface area contributed by atoms with E-state index in [9.17, 15) is 23.3 Å². The van der Waals surface area contributed by atoms with Crippen LogP contribution in [0.25, 0.3) is 0 Å². The van der Waals surface area contributed by atoms with Gasteiger partial charge in [-0.2, -0.15) is 5.10 Å². The normalized spacial score (nSPS) is 12.5. The number of carbonyl (C=O) groups is 1. The van der Waals surface area contributed by atoms with Crippen LogP contribution in [0.5, 0.6) is 11.6 Å². The maximum Gasteiger partial charge on any atom is 0.272 e. The van der Waals surface area contributed by atoms with Gasteiger partial charge in [-0.3, -0.25) is 14.9 Å². The molecule has 0 aliphatic rings. The van der Waals surface area contributed by atoms with E-state index in [-0.39, 0.29) is 23.2 Å². The SMILES string of the molecule is CCCNC(=O)c1nn(C(C)(C)C)c(Oc2ccc([N+](=O)[O-])cc2S(=O)(=O)NC(C)(C)C)c1C. The Hall–Kier alpha value is -2.99. The summed E-state index contributed by atoms with van der Waals surface area (Å²) in [5.41, 5.74) is -1.30. The summed E-state index contributed by atoms with van der Waals surface area (Å²) >= 11 is 0. The number of carbonyl (C=O) groups excluding carboxylic acids is 1. The molecule has 0 atom stereocenters. The molecule has 0 aliphatic heterocycles. The molecule has 0 unspecified atom stereocenters. The molecular weight excluding hydrogens is 462 g/mol. The Balaban J connectivity index is 2.70. The lowest BCUT2D eigenvalue weighted by molar-refractivity contribution is -0.385. The molecule has 34 heavy (non-hydrogen) atoms. The van der Waals surface area contributed by atoms with Crippen molar-refractivity contribution in [1.82, 2.24) is 19.8 Å². The number of non-ortho nitro benzene ring substituents is 1. The van der Waals surface area contributed by atoms with Gasteiger partial charge in [0.15, 0.2) is 5.69 Å². The quantitative estimate of drug-likeness (QED) is 0.418. The monoisotopic (exact) mass is 495 g/mol. The van der Waals surface area contributed by atoms with Crippen molar-refractivity contribution in [1.29, 1.82) is 0 Å². The number of ether oxygens (including phenoxy) is 1. The third-order valence-electron chi connectivity index (χ3n) is 4.53. The summed E-state index contributed by atoms with van der Waals surface area (Å²) in [7, 11) is -4.20. The number of hydrogen-bond donors (Lipinski definition) is 2. The lowest BCUT2D eigenvalue weighted by Crippen LogP contribution is -2.40.